The van der Waals surface area contributed by atoms with E-state index in [9.17, 15) is 9.90 Å². The number of carbonyl (C=O) groups is 1. The molecule has 2 N–H and O–H groups in total. The molecule has 2 aromatic heterocycles. The molecule has 4 heterocycles. The van der Waals surface area contributed by atoms with Crippen LogP contribution in [0.3, 0.4) is 0 Å². The zero-order valence-electron chi connectivity index (χ0n) is 15.6. The molecule has 1 saturated heterocycles. The highest BCUT2D eigenvalue weighted by atomic mass is 19.1. The van der Waals surface area contributed by atoms with Gasteiger partial charge in [0.1, 0.15) is 12.5 Å². The van der Waals surface area contributed by atoms with Crippen molar-refractivity contribution < 1.29 is 18.8 Å². The van der Waals surface area contributed by atoms with E-state index in [1.165, 1.54) is 18.5 Å². The van der Waals surface area contributed by atoms with E-state index in [0.717, 1.165) is 12.8 Å². The van der Waals surface area contributed by atoms with Gasteiger partial charge < -0.3 is 19.4 Å². The Balaban J connectivity index is 1.73. The molecular formula is C19H22FN5O3. The molecule has 0 bridgehead atoms. The first kappa shape index (κ1) is 18.6. The Bertz CT molecular complexity index is 901. The third kappa shape index (κ3) is 3.06. The Hall–Kier alpha value is -2.78. The second-order valence-corrected chi connectivity index (χ2v) is 7.08. The number of likely N-dealkylation sites (N-methyl/N-ethyl adjacent to an activating group) is 1. The normalized spacial score (nSPS) is 21.5. The average molecular weight is 387 g/mol. The van der Waals surface area contributed by atoms with Crippen LogP contribution in [0.1, 0.15) is 30.2 Å². The second-order valence-electron chi connectivity index (χ2n) is 7.08. The van der Waals surface area contributed by atoms with Crippen LogP contribution < -0.4 is 10.2 Å². The third-order valence-corrected chi connectivity index (χ3v) is 5.48. The molecule has 2 aromatic rings. The summed E-state index contributed by atoms with van der Waals surface area (Å²) in [6.45, 7) is 4.89. The van der Waals surface area contributed by atoms with Crippen molar-refractivity contribution in [2.45, 2.75) is 31.7 Å². The molecule has 0 radical (unpaired) electrons. The van der Waals surface area contributed by atoms with E-state index in [1.54, 1.807) is 16.8 Å². The van der Waals surface area contributed by atoms with Crippen LogP contribution in [0.5, 0.6) is 0 Å². The van der Waals surface area contributed by atoms with Crippen LogP contribution in [-0.2, 0) is 11.3 Å². The van der Waals surface area contributed by atoms with Gasteiger partial charge in [-0.3, -0.25) is 10.1 Å². The van der Waals surface area contributed by atoms with Crippen molar-refractivity contribution in [2.75, 3.05) is 25.0 Å². The molecule has 9 heteroatoms. The highest BCUT2D eigenvalue weighted by Gasteiger charge is 2.34. The summed E-state index contributed by atoms with van der Waals surface area (Å²) < 4.78 is 20.2. The Labute approximate surface area is 161 Å². The molecule has 4 rings (SSSR count). The van der Waals surface area contributed by atoms with Gasteiger partial charge in [-0.05, 0) is 18.9 Å². The Kier molecular flexibility index (Phi) is 4.86. The summed E-state index contributed by atoms with van der Waals surface area (Å²) in [4.78, 5) is 20.0. The molecule has 1 fully saturated rings. The summed E-state index contributed by atoms with van der Waals surface area (Å²) in [6, 6.07) is -0.0766. The molecule has 2 aliphatic rings. The topological polar surface area (TPSA) is 94.7 Å². The monoisotopic (exact) mass is 387 g/mol. The number of aromatic nitrogens is 2. The van der Waals surface area contributed by atoms with Crippen molar-refractivity contribution in [1.82, 2.24) is 20.4 Å². The first-order valence-electron chi connectivity index (χ1n) is 9.19. The van der Waals surface area contributed by atoms with Gasteiger partial charge in [0.2, 0.25) is 5.91 Å². The second kappa shape index (κ2) is 7.33. The number of likely N-dealkylation sites (tertiary alicyclic amines) is 1. The van der Waals surface area contributed by atoms with E-state index in [2.05, 4.69) is 22.0 Å². The minimum Gasteiger partial charge on any atom is -0.374 e. The van der Waals surface area contributed by atoms with Crippen molar-refractivity contribution >= 4 is 11.7 Å². The Morgan fingerprint density at radius 2 is 2.39 bits per heavy atom. The summed E-state index contributed by atoms with van der Waals surface area (Å²) in [5.41, 5.74) is 1.80. The van der Waals surface area contributed by atoms with Crippen LogP contribution in [0.2, 0.25) is 0 Å². The SMILES string of the molecule is C=CC(=O)N1CCC[C@@H](N(C)c2nc(-c3cnoc3)c3c(c2F)CNC3O)C1. The molecule has 2 aliphatic heterocycles. The minimum atomic E-state index is -1.00. The molecule has 0 aliphatic carbocycles. The van der Waals surface area contributed by atoms with E-state index in [1.807, 2.05) is 0 Å². The number of nitrogens with zero attached hydrogens (tertiary/aromatic N) is 4. The first-order valence-corrected chi connectivity index (χ1v) is 9.19. The van der Waals surface area contributed by atoms with Gasteiger partial charge in [-0.1, -0.05) is 11.7 Å². The predicted molar refractivity (Wildman–Crippen MR) is 99.7 cm³/mol. The quantitative estimate of drug-likeness (QED) is 0.769. The molecule has 0 saturated carbocycles. The fourth-order valence-electron chi connectivity index (χ4n) is 3.93. The molecule has 1 amide bonds. The lowest BCUT2D eigenvalue weighted by Gasteiger charge is -2.38. The number of aliphatic hydroxyl groups excluding tert-OH is 1. The van der Waals surface area contributed by atoms with Gasteiger partial charge in [0.15, 0.2) is 11.6 Å². The molecule has 28 heavy (non-hydrogen) atoms. The van der Waals surface area contributed by atoms with Crippen LogP contribution in [-0.4, -0.2) is 52.2 Å². The smallest absolute Gasteiger partial charge is 0.246 e. The third-order valence-electron chi connectivity index (χ3n) is 5.48. The van der Waals surface area contributed by atoms with Crippen molar-refractivity contribution in [3.63, 3.8) is 0 Å². The standard InChI is InChI=1S/C19H22FN5O3/c1-3-14(26)25-6-4-5-12(9-25)24(2)18-16(20)13-8-21-19(27)15(13)17(23-18)11-7-22-28-10-11/h3,7,10,12,19,21,27H,1,4-6,8-9H2,2H3/t12-,19?/m1/s1. The lowest BCUT2D eigenvalue weighted by atomic mass is 10.0. The number of nitrogens with one attached hydrogen (secondary N) is 1. The fraction of sp³-hybridized carbons (Fsp3) is 0.421. The Morgan fingerprint density at radius 1 is 1.57 bits per heavy atom. The van der Waals surface area contributed by atoms with Crippen molar-refractivity contribution in [3.05, 3.63) is 42.1 Å². The number of amides is 1. The summed E-state index contributed by atoms with van der Waals surface area (Å²) in [6.07, 6.45) is 4.84. The van der Waals surface area contributed by atoms with Gasteiger partial charge in [0, 0.05) is 43.9 Å². The summed E-state index contributed by atoms with van der Waals surface area (Å²) in [5, 5.41) is 16.8. The fourth-order valence-corrected chi connectivity index (χ4v) is 3.93. The van der Waals surface area contributed by atoms with Gasteiger partial charge in [-0.25, -0.2) is 9.37 Å². The maximum Gasteiger partial charge on any atom is 0.246 e. The van der Waals surface area contributed by atoms with Crippen LogP contribution in [0.25, 0.3) is 11.3 Å². The van der Waals surface area contributed by atoms with E-state index in [0.29, 0.717) is 35.5 Å². The van der Waals surface area contributed by atoms with E-state index < -0.39 is 12.0 Å². The van der Waals surface area contributed by atoms with Crippen LogP contribution in [0.15, 0.2) is 29.6 Å². The summed E-state index contributed by atoms with van der Waals surface area (Å²) in [5.74, 6) is -0.407. The number of hydrogen-bond acceptors (Lipinski definition) is 7. The molecule has 8 nitrogen and oxygen atoms in total. The maximum absolute atomic E-state index is 15.3. The number of pyridine rings is 1. The summed E-state index contributed by atoms with van der Waals surface area (Å²) >= 11 is 0. The summed E-state index contributed by atoms with van der Waals surface area (Å²) in [7, 11) is 1.78. The average Bonchev–Trinajstić information content (AvgIpc) is 3.38. The van der Waals surface area contributed by atoms with Gasteiger partial charge in [-0.2, -0.15) is 0 Å². The number of fused-ring (bicyclic) bond motifs is 1. The van der Waals surface area contributed by atoms with Crippen molar-refractivity contribution in [3.8, 4) is 11.3 Å². The van der Waals surface area contributed by atoms with Crippen LogP contribution in [0.4, 0.5) is 10.2 Å². The van der Waals surface area contributed by atoms with Gasteiger partial charge in [0.05, 0.1) is 17.5 Å². The number of aliphatic hydroxyl groups is 1. The van der Waals surface area contributed by atoms with Crippen LogP contribution in [0, 0.1) is 5.82 Å². The molecule has 148 valence electrons. The predicted octanol–water partition coefficient (Wildman–Crippen LogP) is 1.58. The zero-order valence-corrected chi connectivity index (χ0v) is 15.6. The van der Waals surface area contributed by atoms with E-state index in [4.69, 9.17) is 4.52 Å². The molecule has 1 unspecified atom stereocenters. The number of halogens is 1. The highest BCUT2D eigenvalue weighted by Crippen LogP contribution is 2.38. The number of carbonyl (C=O) groups excluding carboxylic acids is 1. The largest absolute Gasteiger partial charge is 0.374 e. The number of anilines is 1. The van der Waals surface area contributed by atoms with Crippen molar-refractivity contribution in [2.24, 2.45) is 0 Å². The molecule has 0 spiro atoms. The highest BCUT2D eigenvalue weighted by molar-refractivity contribution is 5.87. The molecule has 0 aromatic carbocycles. The van der Waals surface area contributed by atoms with Crippen LogP contribution >= 0.6 is 0 Å². The minimum absolute atomic E-state index is 0.0766. The molecular weight excluding hydrogens is 365 g/mol. The molecule has 2 atom stereocenters. The van der Waals surface area contributed by atoms with Gasteiger partial charge in [-0.15, -0.1) is 0 Å². The number of hydrogen-bond donors (Lipinski definition) is 2. The van der Waals surface area contributed by atoms with E-state index in [-0.39, 0.29) is 24.3 Å². The van der Waals surface area contributed by atoms with Crippen molar-refractivity contribution in [1.29, 1.82) is 0 Å². The zero-order chi connectivity index (χ0) is 19.8. The lowest BCUT2D eigenvalue weighted by Crippen LogP contribution is -2.48. The Morgan fingerprint density at radius 3 is 3.11 bits per heavy atom. The first-order chi connectivity index (χ1) is 13.5. The number of piperidine rings is 1. The van der Waals surface area contributed by atoms with Gasteiger partial charge in [0.25, 0.3) is 0 Å². The maximum atomic E-state index is 15.3. The lowest BCUT2D eigenvalue weighted by molar-refractivity contribution is -0.127. The number of rotatable bonds is 4. The van der Waals surface area contributed by atoms with Gasteiger partial charge >= 0.3 is 0 Å². The van der Waals surface area contributed by atoms with E-state index >= 15 is 4.39 Å².